The number of aliphatic hydroxyl groups is 4. The first-order chi connectivity index (χ1) is 16.7. The van der Waals surface area contributed by atoms with Crippen molar-refractivity contribution in [2.24, 2.45) is 0 Å². The number of nitrogens with zero attached hydrogens (tertiary/aromatic N) is 2. The molecule has 2 fully saturated rings. The van der Waals surface area contributed by atoms with Crippen molar-refractivity contribution in [1.82, 2.24) is 9.55 Å². The second-order valence-corrected chi connectivity index (χ2v) is 8.98. The number of para-hydroxylation sites is 1. The Balaban J connectivity index is 0.000000165. The quantitative estimate of drug-likeness (QED) is 0.442. The summed E-state index contributed by atoms with van der Waals surface area (Å²) in [5, 5.41) is 37.3. The van der Waals surface area contributed by atoms with Gasteiger partial charge in [-0.25, -0.2) is 13.8 Å². The fourth-order valence-corrected chi connectivity index (χ4v) is 4.50. The summed E-state index contributed by atoms with van der Waals surface area (Å²) < 4.78 is 39.6. The highest BCUT2D eigenvalue weighted by molar-refractivity contribution is 5.78. The van der Waals surface area contributed by atoms with Crippen molar-refractivity contribution in [3.63, 3.8) is 0 Å². The molecule has 4 N–H and O–H groups in total. The highest BCUT2D eigenvalue weighted by Gasteiger charge is 2.36. The zero-order chi connectivity index (χ0) is 25.3. The van der Waals surface area contributed by atoms with E-state index in [0.29, 0.717) is 12.0 Å². The average molecular weight is 493 g/mol. The third-order valence-electron chi connectivity index (χ3n) is 6.53. The number of aromatic nitrogens is 2. The largest absolute Gasteiger partial charge is 0.394 e. The van der Waals surface area contributed by atoms with Gasteiger partial charge in [0.15, 0.2) is 0 Å². The molecule has 2 unspecified atom stereocenters. The van der Waals surface area contributed by atoms with Crippen LogP contribution >= 0.6 is 0 Å². The highest BCUT2D eigenvalue weighted by Crippen LogP contribution is 2.35. The number of hydrogen-bond donors (Lipinski definition) is 4. The van der Waals surface area contributed by atoms with Gasteiger partial charge in [-0.3, -0.25) is 0 Å². The van der Waals surface area contributed by atoms with Gasteiger partial charge in [0.25, 0.3) is 0 Å². The molecule has 190 valence electrons. The molecule has 8 nitrogen and oxygen atoms in total. The first kappa shape index (κ1) is 25.6. The molecule has 3 aromatic rings. The van der Waals surface area contributed by atoms with Crippen LogP contribution in [0, 0.1) is 25.5 Å². The van der Waals surface area contributed by atoms with E-state index in [1.807, 2.05) is 29.7 Å². The number of ether oxygens (including phenoxy) is 2. The van der Waals surface area contributed by atoms with Gasteiger partial charge in [-0.15, -0.1) is 0 Å². The Bertz CT molecular complexity index is 1170. The molecular weight excluding hydrogens is 462 g/mol. The molecule has 0 amide bonds. The van der Waals surface area contributed by atoms with E-state index in [1.165, 1.54) is 13.0 Å². The summed E-state index contributed by atoms with van der Waals surface area (Å²) in [6, 6.07) is 8.16. The van der Waals surface area contributed by atoms with Crippen LogP contribution in [0.15, 0.2) is 36.7 Å². The number of hydrogen-bond acceptors (Lipinski definition) is 7. The van der Waals surface area contributed by atoms with Crippen LogP contribution in [-0.4, -0.2) is 67.6 Å². The minimum atomic E-state index is -0.824. The summed E-state index contributed by atoms with van der Waals surface area (Å²) in [7, 11) is 0. The van der Waals surface area contributed by atoms with Gasteiger partial charge in [0.1, 0.15) is 30.1 Å². The fraction of sp³-hybridized carbons (Fsp3) is 0.480. The molecule has 6 atom stereocenters. The fourth-order valence-electron chi connectivity index (χ4n) is 4.50. The Kier molecular flexibility index (Phi) is 7.80. The molecule has 0 saturated carbocycles. The van der Waals surface area contributed by atoms with E-state index in [9.17, 15) is 19.0 Å². The molecule has 2 saturated heterocycles. The number of fused-ring (bicyclic) bond motifs is 1. The lowest BCUT2D eigenvalue weighted by atomic mass is 10.0. The standard InChI is InChI=1S/C13H16N2O3.C12H14F2O3/c1-8-3-2-4-9-13(8)14-7-15(9)12-5-10(17)11(6-16)18-12;1-6-2-7(9(14)3-8(6)13)11-4-10(16)12(5-15)17-11/h2-4,7,10-12,16-17H,5-6H2,1H3;2-3,10-12,15-16H,4-5H2,1H3/t2*10?,11-,12-/m11/s1. The van der Waals surface area contributed by atoms with Gasteiger partial charge in [0.2, 0.25) is 0 Å². The van der Waals surface area contributed by atoms with Crippen LogP contribution in [0.1, 0.15) is 41.9 Å². The molecule has 0 bridgehead atoms. The van der Waals surface area contributed by atoms with Gasteiger partial charge in [-0.05, 0) is 37.1 Å². The van der Waals surface area contributed by atoms with Crippen molar-refractivity contribution in [3.8, 4) is 0 Å². The zero-order valence-electron chi connectivity index (χ0n) is 19.5. The van der Waals surface area contributed by atoms with Gasteiger partial charge in [0.05, 0.1) is 48.9 Å². The number of halogens is 2. The van der Waals surface area contributed by atoms with Gasteiger partial charge in [0, 0.05) is 24.5 Å². The minimum absolute atomic E-state index is 0.163. The molecule has 0 spiro atoms. The van der Waals surface area contributed by atoms with Gasteiger partial charge in [-0.2, -0.15) is 0 Å². The zero-order valence-corrected chi connectivity index (χ0v) is 19.5. The predicted molar refractivity (Wildman–Crippen MR) is 123 cm³/mol. The lowest BCUT2D eigenvalue weighted by molar-refractivity contribution is -0.0430. The van der Waals surface area contributed by atoms with E-state index >= 15 is 0 Å². The molecule has 2 aliphatic rings. The molecule has 0 radical (unpaired) electrons. The maximum atomic E-state index is 13.6. The van der Waals surface area contributed by atoms with Crippen molar-refractivity contribution < 1.29 is 38.7 Å². The third kappa shape index (κ3) is 5.23. The van der Waals surface area contributed by atoms with E-state index < -0.39 is 42.2 Å². The number of aryl methyl sites for hydroxylation is 2. The second-order valence-electron chi connectivity index (χ2n) is 8.98. The molecular formula is C25H30F2N2O6. The van der Waals surface area contributed by atoms with Crippen LogP contribution in [0.4, 0.5) is 8.78 Å². The van der Waals surface area contributed by atoms with E-state index in [4.69, 9.17) is 19.7 Å². The van der Waals surface area contributed by atoms with E-state index in [-0.39, 0.29) is 31.4 Å². The number of imidazole rings is 1. The molecule has 2 aliphatic heterocycles. The van der Waals surface area contributed by atoms with Gasteiger partial charge in [-0.1, -0.05) is 12.1 Å². The highest BCUT2D eigenvalue weighted by atomic mass is 19.1. The number of aliphatic hydroxyl groups excluding tert-OH is 4. The summed E-state index contributed by atoms with van der Waals surface area (Å²) in [5.41, 5.74) is 3.60. The summed E-state index contributed by atoms with van der Waals surface area (Å²) in [5.74, 6) is -1.30. The predicted octanol–water partition coefficient (Wildman–Crippen LogP) is 2.44. The first-order valence-electron chi connectivity index (χ1n) is 11.5. The van der Waals surface area contributed by atoms with Crippen molar-refractivity contribution in [2.75, 3.05) is 13.2 Å². The molecule has 10 heteroatoms. The topological polar surface area (TPSA) is 117 Å². The molecule has 5 rings (SSSR count). The second kappa shape index (κ2) is 10.7. The maximum absolute atomic E-state index is 13.6. The van der Waals surface area contributed by atoms with Gasteiger partial charge < -0.3 is 34.5 Å². The monoisotopic (exact) mass is 492 g/mol. The van der Waals surface area contributed by atoms with Crippen molar-refractivity contribution >= 4 is 11.0 Å². The van der Waals surface area contributed by atoms with Crippen LogP contribution < -0.4 is 0 Å². The van der Waals surface area contributed by atoms with Crippen molar-refractivity contribution in [3.05, 3.63) is 65.0 Å². The molecule has 0 aliphatic carbocycles. The molecule has 3 heterocycles. The minimum Gasteiger partial charge on any atom is -0.394 e. The summed E-state index contributed by atoms with van der Waals surface area (Å²) >= 11 is 0. The van der Waals surface area contributed by atoms with Crippen LogP contribution in [0.25, 0.3) is 11.0 Å². The Morgan fingerprint density at radius 2 is 1.63 bits per heavy atom. The van der Waals surface area contributed by atoms with Crippen LogP contribution in [0.5, 0.6) is 0 Å². The molecule has 1 aromatic heterocycles. The van der Waals surface area contributed by atoms with E-state index in [2.05, 4.69) is 4.98 Å². The molecule has 2 aromatic carbocycles. The van der Waals surface area contributed by atoms with Crippen LogP contribution in [0.3, 0.4) is 0 Å². The number of benzene rings is 2. The van der Waals surface area contributed by atoms with Crippen molar-refractivity contribution in [2.45, 2.75) is 63.4 Å². The Labute approximate surface area is 201 Å². The lowest BCUT2D eigenvalue weighted by Crippen LogP contribution is -2.24. The molecule has 35 heavy (non-hydrogen) atoms. The van der Waals surface area contributed by atoms with Gasteiger partial charge >= 0.3 is 0 Å². The average Bonchev–Trinajstić information content (AvgIpc) is 3.53. The van der Waals surface area contributed by atoms with Crippen LogP contribution in [0.2, 0.25) is 0 Å². The third-order valence-corrected chi connectivity index (χ3v) is 6.53. The Hall–Kier alpha value is -2.47. The number of rotatable bonds is 4. The lowest BCUT2D eigenvalue weighted by Gasteiger charge is -2.14. The first-order valence-corrected chi connectivity index (χ1v) is 11.5. The van der Waals surface area contributed by atoms with Crippen LogP contribution in [-0.2, 0) is 9.47 Å². The Morgan fingerprint density at radius 1 is 0.943 bits per heavy atom. The SMILES string of the molecule is Cc1cc([C@H]2CC(O)[C@@H](CO)O2)c(F)cc1F.Cc1cccc2c1ncn2[C@H]1CC(O)[C@@H](CO)O1. The van der Waals surface area contributed by atoms with E-state index in [1.54, 1.807) is 6.33 Å². The van der Waals surface area contributed by atoms with Crippen molar-refractivity contribution in [1.29, 1.82) is 0 Å². The summed E-state index contributed by atoms with van der Waals surface area (Å²) in [6.07, 6.45) is -1.14. The smallest absolute Gasteiger partial charge is 0.138 e. The normalized spacial score (nSPS) is 28.3. The maximum Gasteiger partial charge on any atom is 0.138 e. The Morgan fingerprint density at radius 3 is 2.29 bits per heavy atom. The summed E-state index contributed by atoms with van der Waals surface area (Å²) in [6.45, 7) is 3.07. The summed E-state index contributed by atoms with van der Waals surface area (Å²) in [4.78, 5) is 4.38. The van der Waals surface area contributed by atoms with E-state index in [0.717, 1.165) is 22.7 Å².